The number of carbonyl (C=O) groups excluding carboxylic acids is 2. The summed E-state index contributed by atoms with van der Waals surface area (Å²) in [5, 5.41) is 3.11. The molecule has 1 aromatic rings. The van der Waals surface area contributed by atoms with Crippen LogP contribution in [0, 0.1) is 17.8 Å². The van der Waals surface area contributed by atoms with E-state index in [2.05, 4.69) is 43.0 Å². The molecule has 3 heterocycles. The van der Waals surface area contributed by atoms with E-state index < -0.39 is 0 Å². The standard InChI is InChI=1S/C22H30BrN5O3/c1-3-4-19(29)28-11-5-15(6-12-28)14-27-9-7-16(8-10-27)25-21(30)17-13-18(23)20(24)26-22(17)31-2/h13,15-16H,5-12,14H2,1-2H3,(H2,24,26)(H,25,30). The molecule has 0 saturated carbocycles. The summed E-state index contributed by atoms with van der Waals surface area (Å²) in [5.41, 5.74) is 6.15. The minimum Gasteiger partial charge on any atom is -0.480 e. The monoisotopic (exact) mass is 491 g/mol. The van der Waals surface area contributed by atoms with E-state index in [0.29, 0.717) is 16.0 Å². The number of amides is 2. The number of nitrogens with zero attached hydrogens (tertiary/aromatic N) is 3. The van der Waals surface area contributed by atoms with Crippen LogP contribution in [0.15, 0.2) is 10.5 Å². The maximum Gasteiger partial charge on any atom is 0.298 e. The van der Waals surface area contributed by atoms with Crippen molar-refractivity contribution in [2.24, 2.45) is 5.92 Å². The lowest BCUT2D eigenvalue weighted by Gasteiger charge is -2.37. The van der Waals surface area contributed by atoms with Crippen molar-refractivity contribution in [3.8, 4) is 17.7 Å². The second kappa shape index (κ2) is 10.8. The Labute approximate surface area is 192 Å². The Balaban J connectivity index is 1.44. The predicted octanol–water partition coefficient (Wildman–Crippen LogP) is 1.89. The molecule has 0 unspecified atom stereocenters. The van der Waals surface area contributed by atoms with Gasteiger partial charge in [-0.05, 0) is 66.4 Å². The van der Waals surface area contributed by atoms with Crippen LogP contribution in [-0.4, -0.2) is 72.5 Å². The number of aromatic nitrogens is 1. The van der Waals surface area contributed by atoms with Gasteiger partial charge in [-0.25, -0.2) is 0 Å². The van der Waals surface area contributed by atoms with Gasteiger partial charge < -0.3 is 25.6 Å². The van der Waals surface area contributed by atoms with E-state index in [1.54, 1.807) is 13.0 Å². The Morgan fingerprint density at radius 1 is 1.26 bits per heavy atom. The molecule has 0 atom stereocenters. The fourth-order valence-electron chi connectivity index (χ4n) is 4.20. The van der Waals surface area contributed by atoms with Crippen molar-refractivity contribution in [3.63, 3.8) is 0 Å². The average molecular weight is 492 g/mol. The summed E-state index contributed by atoms with van der Waals surface area (Å²) in [6.45, 7) is 6.22. The smallest absolute Gasteiger partial charge is 0.298 e. The lowest BCUT2D eigenvalue weighted by Crippen LogP contribution is -2.47. The number of carbonyl (C=O) groups is 2. The highest BCUT2D eigenvalue weighted by atomic mass is 79.9. The first kappa shape index (κ1) is 23.4. The van der Waals surface area contributed by atoms with E-state index in [1.807, 2.05) is 4.90 Å². The highest BCUT2D eigenvalue weighted by molar-refractivity contribution is 9.10. The summed E-state index contributed by atoms with van der Waals surface area (Å²) in [7, 11) is 1.47. The highest BCUT2D eigenvalue weighted by Crippen LogP contribution is 2.26. The third-order valence-electron chi connectivity index (χ3n) is 5.98. The van der Waals surface area contributed by atoms with E-state index in [-0.39, 0.29) is 29.6 Å². The van der Waals surface area contributed by atoms with Gasteiger partial charge in [0.05, 0.1) is 11.6 Å². The molecule has 0 spiro atoms. The molecule has 2 amide bonds. The third-order valence-corrected chi connectivity index (χ3v) is 6.61. The maximum absolute atomic E-state index is 12.7. The predicted molar refractivity (Wildman–Crippen MR) is 123 cm³/mol. The molecule has 0 bridgehead atoms. The van der Waals surface area contributed by atoms with Gasteiger partial charge in [0.2, 0.25) is 5.88 Å². The molecule has 31 heavy (non-hydrogen) atoms. The minimum absolute atomic E-state index is 0.0579. The van der Waals surface area contributed by atoms with Crippen LogP contribution >= 0.6 is 15.9 Å². The first-order valence-corrected chi connectivity index (χ1v) is 11.5. The molecule has 168 valence electrons. The number of piperidine rings is 2. The fraction of sp³-hybridized carbons (Fsp3) is 0.591. The number of halogens is 1. The molecule has 0 aliphatic carbocycles. The van der Waals surface area contributed by atoms with Crippen LogP contribution < -0.4 is 15.8 Å². The molecule has 9 heteroatoms. The number of hydrogen-bond donors (Lipinski definition) is 2. The first-order valence-electron chi connectivity index (χ1n) is 10.7. The molecule has 2 aliphatic heterocycles. The molecule has 3 rings (SSSR count). The minimum atomic E-state index is -0.198. The zero-order valence-electron chi connectivity index (χ0n) is 18.1. The second-order valence-electron chi connectivity index (χ2n) is 8.07. The van der Waals surface area contributed by atoms with Crippen LogP contribution in [0.1, 0.15) is 43.0 Å². The van der Waals surface area contributed by atoms with Gasteiger partial charge in [-0.1, -0.05) is 5.92 Å². The SMILES string of the molecule is CC#CC(=O)N1CCC(CN2CCC(NC(=O)c3cc(Br)c(N)nc3OC)CC2)CC1. The van der Waals surface area contributed by atoms with Crippen LogP contribution in [0.5, 0.6) is 5.88 Å². The van der Waals surface area contributed by atoms with Gasteiger partial charge in [-0.15, -0.1) is 0 Å². The van der Waals surface area contributed by atoms with Crippen molar-refractivity contribution in [3.05, 3.63) is 16.1 Å². The summed E-state index contributed by atoms with van der Waals surface area (Å²) in [5.74, 6) is 6.17. The number of nitrogen functional groups attached to an aromatic ring is 1. The van der Waals surface area contributed by atoms with Gasteiger partial charge >= 0.3 is 0 Å². The Kier molecular flexibility index (Phi) is 8.15. The number of methoxy groups -OCH3 is 1. The van der Waals surface area contributed by atoms with Gasteiger partial charge in [-0.3, -0.25) is 9.59 Å². The average Bonchev–Trinajstić information content (AvgIpc) is 2.77. The van der Waals surface area contributed by atoms with Gasteiger partial charge in [0, 0.05) is 38.8 Å². The number of hydrogen-bond acceptors (Lipinski definition) is 6. The Bertz CT molecular complexity index is 866. The Hall–Kier alpha value is -2.31. The largest absolute Gasteiger partial charge is 0.480 e. The van der Waals surface area contributed by atoms with E-state index in [1.165, 1.54) is 7.11 Å². The van der Waals surface area contributed by atoms with Crippen molar-refractivity contribution in [1.82, 2.24) is 20.1 Å². The zero-order valence-corrected chi connectivity index (χ0v) is 19.7. The van der Waals surface area contributed by atoms with Crippen molar-refractivity contribution >= 4 is 33.6 Å². The van der Waals surface area contributed by atoms with Gasteiger partial charge in [0.25, 0.3) is 11.8 Å². The van der Waals surface area contributed by atoms with Crippen molar-refractivity contribution < 1.29 is 14.3 Å². The lowest BCUT2D eigenvalue weighted by molar-refractivity contribution is -0.126. The zero-order chi connectivity index (χ0) is 22.4. The van der Waals surface area contributed by atoms with Crippen LogP contribution in [0.2, 0.25) is 0 Å². The summed E-state index contributed by atoms with van der Waals surface area (Å²) in [4.78, 5) is 33.1. The Morgan fingerprint density at radius 2 is 1.94 bits per heavy atom. The van der Waals surface area contributed by atoms with Gasteiger partial charge in [0.15, 0.2) is 0 Å². The summed E-state index contributed by atoms with van der Waals surface area (Å²) < 4.78 is 5.79. The van der Waals surface area contributed by atoms with Crippen LogP contribution in [-0.2, 0) is 4.79 Å². The molecular formula is C22H30BrN5O3. The van der Waals surface area contributed by atoms with Crippen molar-refractivity contribution in [2.75, 3.05) is 45.6 Å². The van der Waals surface area contributed by atoms with E-state index in [9.17, 15) is 9.59 Å². The molecular weight excluding hydrogens is 462 g/mol. The molecule has 0 aromatic carbocycles. The summed E-state index contributed by atoms with van der Waals surface area (Å²) in [6, 6.07) is 1.77. The van der Waals surface area contributed by atoms with E-state index in [4.69, 9.17) is 10.5 Å². The van der Waals surface area contributed by atoms with Crippen molar-refractivity contribution in [2.45, 2.75) is 38.6 Å². The molecule has 2 aliphatic rings. The van der Waals surface area contributed by atoms with E-state index in [0.717, 1.165) is 58.4 Å². The van der Waals surface area contributed by atoms with Crippen molar-refractivity contribution in [1.29, 1.82) is 0 Å². The van der Waals surface area contributed by atoms with Crippen LogP contribution in [0.4, 0.5) is 5.82 Å². The molecule has 2 saturated heterocycles. The lowest BCUT2D eigenvalue weighted by atomic mass is 9.94. The molecule has 0 radical (unpaired) electrons. The molecule has 8 nitrogen and oxygen atoms in total. The molecule has 1 aromatic heterocycles. The third kappa shape index (κ3) is 6.11. The quantitative estimate of drug-likeness (QED) is 0.609. The number of anilines is 1. The van der Waals surface area contributed by atoms with Gasteiger partial charge in [-0.2, -0.15) is 4.98 Å². The maximum atomic E-state index is 12.7. The summed E-state index contributed by atoms with van der Waals surface area (Å²) in [6.07, 6.45) is 3.85. The molecule has 3 N–H and O–H groups in total. The number of ether oxygens (including phenoxy) is 1. The molecule has 2 fully saturated rings. The number of nitrogens with one attached hydrogen (secondary N) is 1. The number of nitrogens with two attached hydrogens (primary N) is 1. The number of rotatable bonds is 5. The second-order valence-corrected chi connectivity index (χ2v) is 8.93. The van der Waals surface area contributed by atoms with Gasteiger partial charge in [0.1, 0.15) is 11.4 Å². The van der Waals surface area contributed by atoms with Crippen LogP contribution in [0.3, 0.4) is 0 Å². The topological polar surface area (TPSA) is 101 Å². The van der Waals surface area contributed by atoms with E-state index >= 15 is 0 Å². The number of likely N-dealkylation sites (tertiary alicyclic amines) is 2. The van der Waals surface area contributed by atoms with Crippen LogP contribution in [0.25, 0.3) is 0 Å². The number of pyridine rings is 1. The first-order chi connectivity index (χ1) is 14.9. The fourth-order valence-corrected chi connectivity index (χ4v) is 4.51. The Morgan fingerprint density at radius 3 is 2.55 bits per heavy atom. The highest BCUT2D eigenvalue weighted by Gasteiger charge is 2.27. The normalized spacial score (nSPS) is 18.2. The summed E-state index contributed by atoms with van der Waals surface area (Å²) >= 11 is 3.32.